The summed E-state index contributed by atoms with van der Waals surface area (Å²) in [4.78, 5) is 24.5. The summed E-state index contributed by atoms with van der Waals surface area (Å²) in [6.07, 6.45) is 6.46. The van der Waals surface area contributed by atoms with E-state index in [4.69, 9.17) is 0 Å². The van der Waals surface area contributed by atoms with Gasteiger partial charge in [0, 0.05) is 43.9 Å². The van der Waals surface area contributed by atoms with Gasteiger partial charge in [-0.05, 0) is 25.0 Å². The van der Waals surface area contributed by atoms with Crippen LogP contribution in [0.5, 0.6) is 0 Å². The van der Waals surface area contributed by atoms with Crippen molar-refractivity contribution >= 4 is 22.7 Å². The van der Waals surface area contributed by atoms with Crippen LogP contribution in [0.4, 0.5) is 5.82 Å². The second kappa shape index (κ2) is 7.37. The van der Waals surface area contributed by atoms with Gasteiger partial charge in [-0.1, -0.05) is 6.92 Å². The standard InChI is InChI=1S/C17H21N5O2S/c1-13(23)21-16-10-15(19-12-20-16)17(2)5-8-22(9-6-17)25(24)14-4-3-7-18-11-14/h3-4,7,10-12H,5-6,8-9H2,1-2H3,(H,19,20,21,23). The van der Waals surface area contributed by atoms with Gasteiger partial charge in [0.1, 0.15) is 23.1 Å². The number of carbonyl (C=O) groups excluding carboxylic acids is 1. The topological polar surface area (TPSA) is 88.1 Å². The Bertz CT molecular complexity index is 776. The fraction of sp³-hybridized carbons (Fsp3) is 0.412. The lowest BCUT2D eigenvalue weighted by Crippen LogP contribution is -2.42. The van der Waals surface area contributed by atoms with Gasteiger partial charge in [0.25, 0.3) is 0 Å². The number of hydrogen-bond donors (Lipinski definition) is 1. The van der Waals surface area contributed by atoms with Crippen LogP contribution in [0.2, 0.25) is 0 Å². The molecule has 0 aliphatic carbocycles. The molecule has 2 aromatic heterocycles. The highest BCUT2D eigenvalue weighted by Gasteiger charge is 2.35. The smallest absolute Gasteiger partial charge is 0.222 e. The van der Waals surface area contributed by atoms with Crippen LogP contribution < -0.4 is 5.32 Å². The molecule has 3 rings (SSSR count). The van der Waals surface area contributed by atoms with Crippen molar-refractivity contribution in [3.63, 3.8) is 0 Å². The van der Waals surface area contributed by atoms with Gasteiger partial charge in [-0.15, -0.1) is 0 Å². The van der Waals surface area contributed by atoms with Crippen molar-refractivity contribution in [2.24, 2.45) is 0 Å². The summed E-state index contributed by atoms with van der Waals surface area (Å²) in [7, 11) is -1.19. The number of nitrogens with one attached hydrogen (secondary N) is 1. The molecule has 7 nitrogen and oxygen atoms in total. The Morgan fingerprint density at radius 2 is 2.08 bits per heavy atom. The van der Waals surface area contributed by atoms with Crippen molar-refractivity contribution in [2.75, 3.05) is 18.4 Å². The Kier molecular flexibility index (Phi) is 5.19. The number of carbonyl (C=O) groups is 1. The highest BCUT2D eigenvalue weighted by atomic mass is 32.2. The highest BCUT2D eigenvalue weighted by molar-refractivity contribution is 7.82. The van der Waals surface area contributed by atoms with E-state index < -0.39 is 11.0 Å². The van der Waals surface area contributed by atoms with Crippen LogP contribution in [0.25, 0.3) is 0 Å². The van der Waals surface area contributed by atoms with Crippen LogP contribution in [0, 0.1) is 0 Å². The Hall–Kier alpha value is -2.19. The van der Waals surface area contributed by atoms with Crippen molar-refractivity contribution in [3.8, 4) is 0 Å². The summed E-state index contributed by atoms with van der Waals surface area (Å²) in [5.74, 6) is 0.358. The number of aromatic nitrogens is 3. The second-order valence-electron chi connectivity index (χ2n) is 6.40. The number of amides is 1. The van der Waals surface area contributed by atoms with Crippen LogP contribution in [0.3, 0.4) is 0 Å². The molecule has 132 valence electrons. The lowest BCUT2D eigenvalue weighted by atomic mass is 9.78. The van der Waals surface area contributed by atoms with Gasteiger partial charge in [-0.25, -0.2) is 18.5 Å². The van der Waals surface area contributed by atoms with Gasteiger partial charge in [0.05, 0.1) is 10.6 Å². The number of nitrogens with zero attached hydrogens (tertiary/aromatic N) is 4. The molecule has 1 saturated heterocycles. The van der Waals surface area contributed by atoms with E-state index in [0.29, 0.717) is 18.9 Å². The Labute approximate surface area is 149 Å². The van der Waals surface area contributed by atoms with E-state index in [2.05, 4.69) is 27.2 Å². The fourth-order valence-electron chi connectivity index (χ4n) is 2.94. The highest BCUT2D eigenvalue weighted by Crippen LogP contribution is 2.35. The number of piperidine rings is 1. The van der Waals surface area contributed by atoms with Crippen LogP contribution in [-0.4, -0.2) is 42.5 Å². The lowest BCUT2D eigenvalue weighted by Gasteiger charge is -2.38. The Morgan fingerprint density at radius 3 is 2.72 bits per heavy atom. The molecule has 0 saturated carbocycles. The summed E-state index contributed by atoms with van der Waals surface area (Å²) >= 11 is 0. The minimum Gasteiger partial charge on any atom is -0.311 e. The average molecular weight is 359 g/mol. The molecule has 25 heavy (non-hydrogen) atoms. The quantitative estimate of drug-likeness (QED) is 0.901. The van der Waals surface area contributed by atoms with Crippen molar-refractivity contribution in [3.05, 3.63) is 42.6 Å². The summed E-state index contributed by atoms with van der Waals surface area (Å²) < 4.78 is 14.6. The maximum atomic E-state index is 12.6. The van der Waals surface area contributed by atoms with E-state index in [1.807, 2.05) is 16.4 Å². The van der Waals surface area contributed by atoms with Gasteiger partial charge in [-0.2, -0.15) is 0 Å². The molecule has 8 heteroatoms. The van der Waals surface area contributed by atoms with Gasteiger partial charge < -0.3 is 5.32 Å². The van der Waals surface area contributed by atoms with Crippen molar-refractivity contribution in [1.82, 2.24) is 19.3 Å². The maximum Gasteiger partial charge on any atom is 0.222 e. The first-order valence-corrected chi connectivity index (χ1v) is 9.26. The van der Waals surface area contributed by atoms with Crippen molar-refractivity contribution in [2.45, 2.75) is 37.0 Å². The van der Waals surface area contributed by atoms with Gasteiger partial charge in [0.2, 0.25) is 5.91 Å². The average Bonchev–Trinajstić information content (AvgIpc) is 2.62. The summed E-state index contributed by atoms with van der Waals surface area (Å²) in [6.45, 7) is 5.02. The van der Waals surface area contributed by atoms with E-state index in [1.165, 1.54) is 13.3 Å². The third-order valence-electron chi connectivity index (χ3n) is 4.49. The molecule has 1 N–H and O–H groups in total. The van der Waals surface area contributed by atoms with Crippen LogP contribution in [0.1, 0.15) is 32.4 Å². The minimum atomic E-state index is -1.19. The predicted octanol–water partition coefficient (Wildman–Crippen LogP) is 1.91. The molecule has 0 radical (unpaired) electrons. The van der Waals surface area contributed by atoms with E-state index in [-0.39, 0.29) is 11.3 Å². The van der Waals surface area contributed by atoms with E-state index in [0.717, 1.165) is 23.4 Å². The first-order valence-electron chi connectivity index (χ1n) is 8.15. The number of rotatable bonds is 4. The van der Waals surface area contributed by atoms with E-state index in [9.17, 15) is 9.00 Å². The number of pyridine rings is 1. The largest absolute Gasteiger partial charge is 0.311 e. The normalized spacial score (nSPS) is 18.5. The molecule has 0 aromatic carbocycles. The van der Waals surface area contributed by atoms with Crippen LogP contribution in [-0.2, 0) is 21.2 Å². The van der Waals surface area contributed by atoms with Crippen LogP contribution >= 0.6 is 0 Å². The maximum absolute atomic E-state index is 12.6. The SMILES string of the molecule is CC(=O)Nc1cc(C2(C)CCN(S(=O)c3cccnc3)CC2)ncn1. The molecule has 1 atom stereocenters. The molecular weight excluding hydrogens is 338 g/mol. The monoisotopic (exact) mass is 359 g/mol. The van der Waals surface area contributed by atoms with Crippen LogP contribution in [0.15, 0.2) is 41.8 Å². The molecule has 3 heterocycles. The molecule has 1 aliphatic heterocycles. The third-order valence-corrected chi connectivity index (χ3v) is 5.96. The molecular formula is C17H21N5O2S. The molecule has 1 aliphatic rings. The van der Waals surface area contributed by atoms with E-state index >= 15 is 0 Å². The summed E-state index contributed by atoms with van der Waals surface area (Å²) in [5, 5.41) is 2.69. The zero-order valence-electron chi connectivity index (χ0n) is 14.3. The van der Waals surface area contributed by atoms with Gasteiger partial charge in [-0.3, -0.25) is 9.78 Å². The van der Waals surface area contributed by atoms with E-state index in [1.54, 1.807) is 18.5 Å². The Morgan fingerprint density at radius 1 is 1.32 bits per heavy atom. The first kappa shape index (κ1) is 17.6. The van der Waals surface area contributed by atoms with Gasteiger partial charge in [0.15, 0.2) is 0 Å². The summed E-state index contributed by atoms with van der Waals surface area (Å²) in [5.41, 5.74) is 0.768. The predicted molar refractivity (Wildman–Crippen MR) is 95.1 cm³/mol. The second-order valence-corrected chi connectivity index (χ2v) is 7.88. The number of hydrogen-bond acceptors (Lipinski definition) is 5. The molecule has 1 unspecified atom stereocenters. The zero-order valence-corrected chi connectivity index (χ0v) is 15.1. The van der Waals surface area contributed by atoms with Crippen molar-refractivity contribution < 1.29 is 9.00 Å². The summed E-state index contributed by atoms with van der Waals surface area (Å²) in [6, 6.07) is 5.46. The Balaban J connectivity index is 1.70. The van der Waals surface area contributed by atoms with Gasteiger partial charge >= 0.3 is 0 Å². The number of anilines is 1. The molecule has 0 spiro atoms. The fourth-order valence-corrected chi connectivity index (χ4v) is 4.10. The third kappa shape index (κ3) is 4.08. The van der Waals surface area contributed by atoms with Crippen molar-refractivity contribution in [1.29, 1.82) is 0 Å². The molecule has 0 bridgehead atoms. The molecule has 1 fully saturated rings. The minimum absolute atomic E-state index is 0.133. The molecule has 1 amide bonds. The zero-order chi connectivity index (χ0) is 17.9. The lowest BCUT2D eigenvalue weighted by molar-refractivity contribution is -0.114. The first-order chi connectivity index (χ1) is 12.0. The molecule has 2 aromatic rings.